The molecular formula is C12H17N3O4. The summed E-state index contributed by atoms with van der Waals surface area (Å²) in [6.45, 7) is 1.99. The van der Waals surface area contributed by atoms with Crippen LogP contribution >= 0.6 is 0 Å². The van der Waals surface area contributed by atoms with Crippen LogP contribution in [-0.2, 0) is 9.53 Å². The maximum absolute atomic E-state index is 11.3. The van der Waals surface area contributed by atoms with Crippen molar-refractivity contribution in [3.63, 3.8) is 0 Å². The molecule has 0 aromatic carbocycles. The second-order valence-corrected chi connectivity index (χ2v) is 3.93. The van der Waals surface area contributed by atoms with E-state index < -0.39 is 18.0 Å². The summed E-state index contributed by atoms with van der Waals surface area (Å²) in [5, 5.41) is 11.9. The second-order valence-electron chi connectivity index (χ2n) is 3.93. The molecule has 1 heterocycles. The van der Waals surface area contributed by atoms with Crippen molar-refractivity contribution in [2.24, 2.45) is 0 Å². The Morgan fingerprint density at radius 3 is 2.84 bits per heavy atom. The number of aromatic nitrogens is 2. The summed E-state index contributed by atoms with van der Waals surface area (Å²) in [5.41, 5.74) is 0. The van der Waals surface area contributed by atoms with E-state index in [1.165, 1.54) is 19.4 Å². The molecule has 1 aromatic heterocycles. The minimum Gasteiger partial charge on any atom is -0.480 e. The van der Waals surface area contributed by atoms with Crippen molar-refractivity contribution in [3.05, 3.63) is 18.1 Å². The zero-order chi connectivity index (χ0) is 14.3. The highest BCUT2D eigenvalue weighted by Gasteiger charge is 2.18. The predicted molar refractivity (Wildman–Crippen MR) is 67.9 cm³/mol. The number of ether oxygens (including phenoxy) is 1. The fourth-order valence-corrected chi connectivity index (χ4v) is 1.47. The van der Waals surface area contributed by atoms with E-state index in [1.54, 1.807) is 0 Å². The molecule has 0 bridgehead atoms. The van der Waals surface area contributed by atoms with Crippen molar-refractivity contribution in [3.8, 4) is 0 Å². The Kier molecular flexibility index (Phi) is 5.72. The number of hydrogen-bond donors (Lipinski definition) is 2. The van der Waals surface area contributed by atoms with E-state index in [9.17, 15) is 9.59 Å². The topological polar surface area (TPSA) is 101 Å². The standard InChI is InChI=1S/C12H17N3O4/c1-3-4-5-8(11(16)17)14-9-6-7-13-10(15-9)12(18)19-2/h6-8H,3-5H2,1-2H3,(H,16,17)(H,13,14,15). The number of carbonyl (C=O) groups excluding carboxylic acids is 1. The van der Waals surface area contributed by atoms with Gasteiger partial charge in [-0.2, -0.15) is 0 Å². The molecular weight excluding hydrogens is 250 g/mol. The summed E-state index contributed by atoms with van der Waals surface area (Å²) in [4.78, 5) is 30.0. The van der Waals surface area contributed by atoms with Gasteiger partial charge in [-0.3, -0.25) is 0 Å². The Balaban J connectivity index is 2.78. The second kappa shape index (κ2) is 7.30. The molecule has 1 rings (SSSR count). The van der Waals surface area contributed by atoms with Crippen LogP contribution in [0, 0.1) is 0 Å². The molecule has 104 valence electrons. The number of unbranched alkanes of at least 4 members (excludes halogenated alkanes) is 1. The molecule has 0 aliphatic heterocycles. The van der Waals surface area contributed by atoms with Crippen molar-refractivity contribution in [2.75, 3.05) is 12.4 Å². The molecule has 7 heteroatoms. The molecule has 0 spiro atoms. The number of carbonyl (C=O) groups is 2. The van der Waals surface area contributed by atoms with Crippen molar-refractivity contribution in [1.82, 2.24) is 9.97 Å². The molecule has 0 aliphatic carbocycles. The van der Waals surface area contributed by atoms with Crippen molar-refractivity contribution in [1.29, 1.82) is 0 Å². The van der Waals surface area contributed by atoms with E-state index in [4.69, 9.17) is 5.11 Å². The monoisotopic (exact) mass is 267 g/mol. The lowest BCUT2D eigenvalue weighted by molar-refractivity contribution is -0.138. The molecule has 1 aromatic rings. The van der Waals surface area contributed by atoms with E-state index in [1.807, 2.05) is 6.92 Å². The van der Waals surface area contributed by atoms with Crippen LogP contribution in [0.2, 0.25) is 0 Å². The van der Waals surface area contributed by atoms with Gasteiger partial charge in [0.1, 0.15) is 11.9 Å². The molecule has 1 unspecified atom stereocenters. The van der Waals surface area contributed by atoms with Crippen LogP contribution in [0.1, 0.15) is 36.8 Å². The third-order valence-corrected chi connectivity index (χ3v) is 2.49. The van der Waals surface area contributed by atoms with E-state index in [2.05, 4.69) is 20.0 Å². The lowest BCUT2D eigenvalue weighted by Gasteiger charge is -2.14. The molecule has 19 heavy (non-hydrogen) atoms. The lowest BCUT2D eigenvalue weighted by Crippen LogP contribution is -2.29. The predicted octanol–water partition coefficient (Wildman–Crippen LogP) is 1.32. The van der Waals surface area contributed by atoms with Gasteiger partial charge in [0.2, 0.25) is 5.82 Å². The fraction of sp³-hybridized carbons (Fsp3) is 0.500. The first kappa shape index (κ1) is 14.9. The largest absolute Gasteiger partial charge is 0.480 e. The minimum absolute atomic E-state index is 0.105. The van der Waals surface area contributed by atoms with Gasteiger partial charge in [0.15, 0.2) is 0 Å². The van der Waals surface area contributed by atoms with Crippen molar-refractivity contribution >= 4 is 17.8 Å². The molecule has 0 fully saturated rings. The van der Waals surface area contributed by atoms with Crippen LogP contribution in [0.4, 0.5) is 5.82 Å². The molecule has 1 atom stereocenters. The maximum atomic E-state index is 11.3. The van der Waals surface area contributed by atoms with Crippen LogP contribution < -0.4 is 5.32 Å². The number of nitrogens with one attached hydrogen (secondary N) is 1. The van der Waals surface area contributed by atoms with E-state index in [0.29, 0.717) is 12.2 Å². The van der Waals surface area contributed by atoms with Crippen LogP contribution in [-0.4, -0.2) is 40.2 Å². The number of methoxy groups -OCH3 is 1. The zero-order valence-electron chi connectivity index (χ0n) is 10.9. The smallest absolute Gasteiger partial charge is 0.376 e. The summed E-state index contributed by atoms with van der Waals surface area (Å²) in [7, 11) is 1.23. The van der Waals surface area contributed by atoms with Gasteiger partial charge in [0, 0.05) is 6.20 Å². The third-order valence-electron chi connectivity index (χ3n) is 2.49. The van der Waals surface area contributed by atoms with E-state index in [0.717, 1.165) is 12.8 Å². The van der Waals surface area contributed by atoms with E-state index in [-0.39, 0.29) is 5.82 Å². The summed E-state index contributed by atoms with van der Waals surface area (Å²) in [6, 6.07) is 0.772. The van der Waals surface area contributed by atoms with E-state index >= 15 is 0 Å². The SMILES string of the molecule is CCCCC(Nc1ccnc(C(=O)OC)n1)C(=O)O. The highest BCUT2D eigenvalue weighted by atomic mass is 16.5. The number of rotatable bonds is 7. The van der Waals surface area contributed by atoms with Gasteiger partial charge in [-0.1, -0.05) is 19.8 Å². The van der Waals surface area contributed by atoms with Gasteiger partial charge < -0.3 is 15.2 Å². The first-order valence-electron chi connectivity index (χ1n) is 5.99. The number of carboxylic acid groups (broad SMARTS) is 1. The first-order chi connectivity index (χ1) is 9.08. The summed E-state index contributed by atoms with van der Waals surface area (Å²) < 4.78 is 4.50. The van der Waals surface area contributed by atoms with Crippen LogP contribution in [0.3, 0.4) is 0 Å². The molecule has 0 amide bonds. The third kappa shape index (κ3) is 4.53. The minimum atomic E-state index is -0.952. The molecule has 2 N–H and O–H groups in total. The lowest BCUT2D eigenvalue weighted by atomic mass is 10.1. The normalized spacial score (nSPS) is 11.7. The van der Waals surface area contributed by atoms with Crippen LogP contribution in [0.25, 0.3) is 0 Å². The Hall–Kier alpha value is -2.18. The molecule has 0 saturated heterocycles. The molecule has 7 nitrogen and oxygen atoms in total. The summed E-state index contributed by atoms with van der Waals surface area (Å²) >= 11 is 0. The quantitative estimate of drug-likeness (QED) is 0.718. The maximum Gasteiger partial charge on any atom is 0.376 e. The Morgan fingerprint density at radius 2 is 2.26 bits per heavy atom. The molecule has 0 aliphatic rings. The number of nitrogens with zero attached hydrogens (tertiary/aromatic N) is 2. The van der Waals surface area contributed by atoms with Gasteiger partial charge in [0.25, 0.3) is 0 Å². The van der Waals surface area contributed by atoms with Crippen LogP contribution in [0.15, 0.2) is 12.3 Å². The molecule has 0 saturated carbocycles. The Bertz CT molecular complexity index is 450. The fourth-order valence-electron chi connectivity index (χ4n) is 1.47. The van der Waals surface area contributed by atoms with Gasteiger partial charge >= 0.3 is 11.9 Å². The van der Waals surface area contributed by atoms with Gasteiger partial charge in [-0.25, -0.2) is 19.6 Å². The average Bonchev–Trinajstić information content (AvgIpc) is 2.42. The average molecular weight is 267 g/mol. The number of hydrogen-bond acceptors (Lipinski definition) is 6. The summed E-state index contributed by atoms with van der Waals surface area (Å²) in [5.74, 6) is -1.43. The Labute approximate surface area is 111 Å². The van der Waals surface area contributed by atoms with Crippen LogP contribution in [0.5, 0.6) is 0 Å². The number of anilines is 1. The van der Waals surface area contributed by atoms with Gasteiger partial charge in [-0.15, -0.1) is 0 Å². The van der Waals surface area contributed by atoms with Crippen molar-refractivity contribution < 1.29 is 19.4 Å². The first-order valence-corrected chi connectivity index (χ1v) is 5.99. The van der Waals surface area contributed by atoms with Crippen molar-refractivity contribution in [2.45, 2.75) is 32.2 Å². The number of aliphatic carboxylic acids is 1. The number of carboxylic acids is 1. The number of esters is 1. The molecule has 0 radical (unpaired) electrons. The van der Waals surface area contributed by atoms with Gasteiger partial charge in [-0.05, 0) is 12.5 Å². The summed E-state index contributed by atoms with van der Waals surface area (Å²) in [6.07, 6.45) is 3.56. The highest BCUT2D eigenvalue weighted by Crippen LogP contribution is 2.09. The highest BCUT2D eigenvalue weighted by molar-refractivity contribution is 5.85. The zero-order valence-corrected chi connectivity index (χ0v) is 10.9. The van der Waals surface area contributed by atoms with Gasteiger partial charge in [0.05, 0.1) is 7.11 Å². The Morgan fingerprint density at radius 1 is 1.53 bits per heavy atom.